The van der Waals surface area contributed by atoms with Gasteiger partial charge in [0.05, 0.1) is 8.22 Å². The van der Waals surface area contributed by atoms with Gasteiger partial charge < -0.3 is 5.11 Å². The van der Waals surface area contributed by atoms with Crippen LogP contribution >= 0.6 is 0 Å². The topological polar surface area (TPSA) is 37.3 Å². The summed E-state index contributed by atoms with van der Waals surface area (Å²) in [5, 5.41) is 8.54. The van der Waals surface area contributed by atoms with Gasteiger partial charge in [-0.15, -0.1) is 0 Å². The molecule has 0 aliphatic rings. The van der Waals surface area contributed by atoms with Gasteiger partial charge in [-0.05, 0) is 11.6 Å². The van der Waals surface area contributed by atoms with Gasteiger partial charge in [-0.1, -0.05) is 30.2 Å². The zero-order valence-corrected chi connectivity index (χ0v) is 5.43. The van der Waals surface area contributed by atoms with Gasteiger partial charge in [-0.3, -0.25) is 0 Å². The van der Waals surface area contributed by atoms with E-state index in [1.165, 1.54) is 0 Å². The van der Waals surface area contributed by atoms with Crippen molar-refractivity contribution >= 4 is 12.0 Å². The second-order valence-corrected chi connectivity index (χ2v) is 1.63. The standard InChI is InChI=1S/C9H8O2/c10-9(11)7-6-8-4-2-1-3-5-8/h1-7H,(H,10,11)/b7-6+/i1D,2D,3D,4D,6D,7D. The molecule has 0 spiro atoms. The van der Waals surface area contributed by atoms with E-state index in [9.17, 15) is 4.79 Å². The molecule has 0 heterocycles. The van der Waals surface area contributed by atoms with Crippen molar-refractivity contribution in [1.82, 2.24) is 0 Å². The Kier molecular flexibility index (Phi) is 0.911. The van der Waals surface area contributed by atoms with E-state index in [4.69, 9.17) is 13.3 Å². The molecule has 0 amide bonds. The maximum atomic E-state index is 10.5. The summed E-state index contributed by atoms with van der Waals surface area (Å²) < 4.78 is 44.0. The number of hydrogen-bond donors (Lipinski definition) is 1. The van der Waals surface area contributed by atoms with Crippen LogP contribution in [0.3, 0.4) is 0 Å². The first-order valence-electron chi connectivity index (χ1n) is 5.76. The molecule has 56 valence electrons. The van der Waals surface area contributed by atoms with Crippen molar-refractivity contribution < 1.29 is 18.1 Å². The fourth-order valence-corrected chi connectivity index (χ4v) is 0.467. The summed E-state index contributed by atoms with van der Waals surface area (Å²) in [6.07, 6.45) is 0. The SMILES string of the molecule is [2H]/C(C(=O)O)=C(/[2H])c1cc([2H])c([2H])c([2H])c1[2H]. The highest BCUT2D eigenvalue weighted by molar-refractivity contribution is 5.85. The normalized spacial score (nSPS) is 19.6. The van der Waals surface area contributed by atoms with Crippen LogP contribution in [0.4, 0.5) is 0 Å². The van der Waals surface area contributed by atoms with Crippen LogP contribution in [-0.4, -0.2) is 11.1 Å². The first kappa shape index (κ1) is 2.81. The molecule has 0 bridgehead atoms. The molecule has 0 atom stereocenters. The fraction of sp³-hybridized carbons (Fsp3) is 0. The summed E-state index contributed by atoms with van der Waals surface area (Å²) in [6, 6.07) is -2.75. The van der Waals surface area contributed by atoms with Crippen molar-refractivity contribution in [3.8, 4) is 0 Å². The van der Waals surface area contributed by atoms with E-state index in [1.54, 1.807) is 0 Å². The van der Waals surface area contributed by atoms with Crippen molar-refractivity contribution in [3.05, 3.63) is 41.9 Å². The van der Waals surface area contributed by atoms with Gasteiger partial charge in [0.25, 0.3) is 0 Å². The Morgan fingerprint density at radius 2 is 2.45 bits per heavy atom. The van der Waals surface area contributed by atoms with Crippen molar-refractivity contribution in [2.45, 2.75) is 0 Å². The Morgan fingerprint density at radius 3 is 3.18 bits per heavy atom. The van der Waals surface area contributed by atoms with Crippen molar-refractivity contribution in [3.63, 3.8) is 0 Å². The predicted molar refractivity (Wildman–Crippen MR) is 43.1 cm³/mol. The van der Waals surface area contributed by atoms with Crippen molar-refractivity contribution in [2.24, 2.45) is 0 Å². The number of carboxylic acids is 1. The van der Waals surface area contributed by atoms with Crippen LogP contribution in [-0.2, 0) is 4.79 Å². The summed E-state index contributed by atoms with van der Waals surface area (Å²) >= 11 is 0. The molecule has 0 unspecified atom stereocenters. The quantitative estimate of drug-likeness (QED) is 0.659. The van der Waals surface area contributed by atoms with Gasteiger partial charge in [-0.25, -0.2) is 4.79 Å². The monoisotopic (exact) mass is 154 g/mol. The molecule has 1 N–H and O–H groups in total. The van der Waals surface area contributed by atoms with Gasteiger partial charge >= 0.3 is 5.97 Å². The number of aliphatic carboxylic acids is 1. The summed E-state index contributed by atoms with van der Waals surface area (Å²) in [5.74, 6) is -1.62. The second kappa shape index (κ2) is 3.56. The van der Waals surface area contributed by atoms with E-state index in [-0.39, 0.29) is 11.6 Å². The van der Waals surface area contributed by atoms with Crippen molar-refractivity contribution in [1.29, 1.82) is 0 Å². The van der Waals surface area contributed by atoms with Gasteiger partial charge in [0.1, 0.15) is 0 Å². The van der Waals surface area contributed by atoms with E-state index in [1.807, 2.05) is 0 Å². The van der Waals surface area contributed by atoms with Gasteiger partial charge in [-0.2, -0.15) is 0 Å². The van der Waals surface area contributed by atoms with Crippen LogP contribution in [0.15, 0.2) is 36.3 Å². The summed E-state index contributed by atoms with van der Waals surface area (Å²) in [4.78, 5) is 10.5. The molecule has 0 saturated carbocycles. The van der Waals surface area contributed by atoms with Crippen LogP contribution in [0, 0.1) is 0 Å². The molecule has 1 rings (SSSR count). The minimum Gasteiger partial charge on any atom is -0.478 e. The molecule has 2 nitrogen and oxygen atoms in total. The lowest BCUT2D eigenvalue weighted by atomic mass is 10.2. The minimum atomic E-state index is -1.62. The summed E-state index contributed by atoms with van der Waals surface area (Å²) in [6.45, 7) is 0. The van der Waals surface area contributed by atoms with Crippen LogP contribution < -0.4 is 0 Å². The van der Waals surface area contributed by atoms with E-state index in [0.29, 0.717) is 0 Å². The second-order valence-electron chi connectivity index (χ2n) is 1.63. The number of benzene rings is 1. The number of rotatable bonds is 2. The third-order valence-electron chi connectivity index (χ3n) is 0.852. The predicted octanol–water partition coefficient (Wildman–Crippen LogP) is 1.78. The first-order chi connectivity index (χ1) is 7.77. The highest BCUT2D eigenvalue weighted by Crippen LogP contribution is 1.99. The molecule has 2 heteroatoms. The highest BCUT2D eigenvalue weighted by Gasteiger charge is 1.85. The number of carbonyl (C=O) groups is 1. The Bertz CT molecular complexity index is 523. The van der Waals surface area contributed by atoms with Crippen LogP contribution in [0.25, 0.3) is 6.05 Å². The molecular formula is C9H8O2. The Hall–Kier alpha value is -1.57. The Labute approximate surface area is 73.2 Å². The number of carboxylic acid groups (broad SMARTS) is 1. The smallest absolute Gasteiger partial charge is 0.328 e. The molecule has 0 aliphatic heterocycles. The van der Waals surface area contributed by atoms with E-state index >= 15 is 0 Å². The summed E-state index contributed by atoms with van der Waals surface area (Å²) in [5.41, 5.74) is -0.302. The third-order valence-corrected chi connectivity index (χ3v) is 0.852. The molecule has 1 aromatic carbocycles. The zero-order valence-electron chi connectivity index (χ0n) is 11.4. The molecule has 0 fully saturated rings. The molecule has 0 aliphatic carbocycles. The lowest BCUT2D eigenvalue weighted by Gasteiger charge is -1.87. The van der Waals surface area contributed by atoms with Crippen molar-refractivity contribution in [2.75, 3.05) is 0 Å². The first-order valence-corrected chi connectivity index (χ1v) is 2.76. The Morgan fingerprint density at radius 1 is 1.64 bits per heavy atom. The molecule has 0 saturated heterocycles. The van der Waals surface area contributed by atoms with Crippen LogP contribution in [0.2, 0.25) is 0 Å². The zero-order chi connectivity index (χ0) is 13.3. The van der Waals surface area contributed by atoms with Gasteiger partial charge in [0.2, 0.25) is 0 Å². The van der Waals surface area contributed by atoms with Gasteiger partial charge in [0, 0.05) is 6.05 Å². The molecule has 0 aromatic heterocycles. The minimum absolute atomic E-state index is 0.302. The highest BCUT2D eigenvalue weighted by atomic mass is 16.4. The third kappa shape index (κ3) is 2.67. The summed E-state index contributed by atoms with van der Waals surface area (Å²) in [7, 11) is 0. The molecule has 1 aromatic rings. The maximum absolute atomic E-state index is 10.5. The number of hydrogen-bond acceptors (Lipinski definition) is 1. The van der Waals surface area contributed by atoms with Crippen LogP contribution in [0.1, 0.15) is 13.8 Å². The average Bonchev–Trinajstić information content (AvgIpc) is 2.29. The Balaban J connectivity index is 3.54. The maximum Gasteiger partial charge on any atom is 0.328 e. The van der Waals surface area contributed by atoms with E-state index in [0.717, 1.165) is 6.07 Å². The van der Waals surface area contributed by atoms with E-state index in [2.05, 4.69) is 0 Å². The average molecular weight is 154 g/mol. The molecular weight excluding hydrogens is 140 g/mol. The largest absolute Gasteiger partial charge is 0.478 e. The molecule has 11 heavy (non-hydrogen) atoms. The van der Waals surface area contributed by atoms with E-state index < -0.39 is 36.2 Å². The van der Waals surface area contributed by atoms with Crippen LogP contribution in [0.5, 0.6) is 0 Å². The van der Waals surface area contributed by atoms with Gasteiger partial charge in [0.15, 0.2) is 0 Å². The lowest BCUT2D eigenvalue weighted by Crippen LogP contribution is -1.85. The fourth-order valence-electron chi connectivity index (χ4n) is 0.467. The molecule has 0 radical (unpaired) electrons. The lowest BCUT2D eigenvalue weighted by molar-refractivity contribution is -0.131.